The predicted octanol–water partition coefficient (Wildman–Crippen LogP) is 3.56. The molecule has 3 rings (SSSR count). The Bertz CT molecular complexity index is 3160. The molecule has 2 fully saturated rings. The van der Waals surface area contributed by atoms with Crippen molar-refractivity contribution in [3.8, 4) is 0 Å². The summed E-state index contributed by atoms with van der Waals surface area (Å²) in [5.74, 6) is -14.5. The number of aliphatic hydroxyl groups excluding tert-OH is 1. The van der Waals surface area contributed by atoms with Crippen LogP contribution in [0.15, 0.2) is 42.1 Å². The van der Waals surface area contributed by atoms with Crippen LogP contribution in [-0.2, 0) is 73.5 Å². The first kappa shape index (κ1) is 90.9. The molecule has 590 valence electrons. The summed E-state index contributed by atoms with van der Waals surface area (Å²) in [5.41, 5.74) is 6.34. The Balaban J connectivity index is 2.00. The van der Waals surface area contributed by atoms with Crippen LogP contribution >= 0.6 is 0 Å². The molecule has 0 saturated carbocycles. The lowest BCUT2D eigenvalue weighted by atomic mass is 9.88. The molecule has 0 radical (unpaired) electrons. The largest absolute Gasteiger partial charge is 0.458 e. The summed E-state index contributed by atoms with van der Waals surface area (Å²) in [7, 11) is 0. The fourth-order valence-corrected chi connectivity index (χ4v) is 12.4. The van der Waals surface area contributed by atoms with Gasteiger partial charge < -0.3 is 79.0 Å². The zero-order chi connectivity index (χ0) is 79.4. The number of cyclic esters (lactones) is 1. The summed E-state index contributed by atoms with van der Waals surface area (Å²) in [6.07, 6.45) is 1.24. The highest BCUT2D eigenvalue weighted by Crippen LogP contribution is 2.25. The van der Waals surface area contributed by atoms with Gasteiger partial charge in [-0.15, -0.1) is 0 Å². The Labute approximate surface area is 621 Å². The predicted molar refractivity (Wildman–Crippen MR) is 397 cm³/mol. The Hall–Kier alpha value is -8.34. The number of benzene rings is 1. The van der Waals surface area contributed by atoms with E-state index in [-0.39, 0.29) is 69.0 Å². The second-order valence-electron chi connectivity index (χ2n) is 30.5. The molecule has 29 nitrogen and oxygen atoms in total. The van der Waals surface area contributed by atoms with Crippen LogP contribution in [0.3, 0.4) is 0 Å². The smallest absolute Gasteiger partial charge is 0.329 e. The third kappa shape index (κ3) is 27.8. The minimum absolute atomic E-state index is 0.0347. The molecule has 0 bridgehead atoms. The van der Waals surface area contributed by atoms with Gasteiger partial charge in [0.25, 0.3) is 5.91 Å². The maximum Gasteiger partial charge on any atom is 0.329 e. The number of carbonyl (C=O) groups excluding carboxylic acids is 14. The number of nitrogens with two attached hydrogens (primary N) is 1. The van der Waals surface area contributed by atoms with Gasteiger partial charge in [0, 0.05) is 31.7 Å². The van der Waals surface area contributed by atoms with Crippen molar-refractivity contribution in [1.82, 2.24) is 63.4 Å². The van der Waals surface area contributed by atoms with Crippen LogP contribution in [0.25, 0.3) is 0 Å². The topological polar surface area (TPSA) is 430 Å². The molecule has 12 amide bonds. The summed E-state index contributed by atoms with van der Waals surface area (Å²) in [6.45, 7) is 32.0. The number of ketones is 2. The lowest BCUT2D eigenvalue weighted by Crippen LogP contribution is -2.64. The molecule has 2 aliphatic rings. The SMILES string of the molecule is CC=C1NC(=O)C(Cc2ccccc2)NC(=O)C(C(C)C)NC(=O)C(C(C)CC)NC(=O)C(NC(=O)C(NC(=O)C(CCCN)NC(=O)N2CCCC2C(=O)C(NC(=O)C(NC(=O)C(NC(=O)C(CC(=O)CCCC(C)C)C(C)C)C(C)O)C(C)C)C(C)C)C(C)CC)C(C)OC(=O)C(C(C)C)NC1=O. The number of Topliss-reactive ketones (excluding diaryl/α,β-unsaturated/α-hetero) is 2. The number of hydrogen-bond acceptors (Lipinski definition) is 17. The summed E-state index contributed by atoms with van der Waals surface area (Å²) in [4.78, 5) is 202. The fourth-order valence-electron chi connectivity index (χ4n) is 12.4. The molecule has 2 aliphatic heterocycles. The van der Waals surface area contributed by atoms with Crippen molar-refractivity contribution in [1.29, 1.82) is 0 Å². The molecule has 14 N–H and O–H groups in total. The number of allylic oxidation sites excluding steroid dienone is 1. The van der Waals surface area contributed by atoms with Crippen molar-refractivity contribution in [3.05, 3.63) is 47.7 Å². The van der Waals surface area contributed by atoms with Gasteiger partial charge in [-0.1, -0.05) is 166 Å². The molecule has 0 aromatic heterocycles. The molecular weight excluding hydrogens is 1350 g/mol. The highest BCUT2D eigenvalue weighted by atomic mass is 16.5. The summed E-state index contributed by atoms with van der Waals surface area (Å²) < 4.78 is 5.96. The Kier molecular flexibility index (Phi) is 38.0. The van der Waals surface area contributed by atoms with Crippen LogP contribution in [0, 0.1) is 53.3 Å². The van der Waals surface area contributed by atoms with Crippen molar-refractivity contribution in [2.75, 3.05) is 13.1 Å². The van der Waals surface area contributed by atoms with Crippen LogP contribution in [0.1, 0.15) is 201 Å². The van der Waals surface area contributed by atoms with Gasteiger partial charge >= 0.3 is 12.0 Å². The lowest BCUT2D eigenvalue weighted by molar-refractivity contribution is -0.157. The molecule has 0 aliphatic carbocycles. The number of carbonyl (C=O) groups is 14. The van der Waals surface area contributed by atoms with Gasteiger partial charge in [-0.2, -0.15) is 0 Å². The minimum Gasteiger partial charge on any atom is -0.458 e. The highest BCUT2D eigenvalue weighted by Gasteiger charge is 2.45. The van der Waals surface area contributed by atoms with E-state index in [9.17, 15) is 62.6 Å². The van der Waals surface area contributed by atoms with E-state index in [0.29, 0.717) is 37.2 Å². The number of esters is 1. The quantitative estimate of drug-likeness (QED) is 0.0346. The number of nitrogens with one attached hydrogen (secondary N) is 11. The van der Waals surface area contributed by atoms with Gasteiger partial charge in [0.05, 0.1) is 18.2 Å². The monoisotopic (exact) mass is 1480 g/mol. The number of amides is 12. The van der Waals surface area contributed by atoms with Crippen molar-refractivity contribution in [3.63, 3.8) is 0 Å². The van der Waals surface area contributed by atoms with Crippen molar-refractivity contribution < 1.29 is 77.0 Å². The van der Waals surface area contributed by atoms with Gasteiger partial charge in [0.2, 0.25) is 53.2 Å². The van der Waals surface area contributed by atoms with E-state index in [1.165, 1.54) is 31.7 Å². The molecule has 16 atom stereocenters. The third-order valence-electron chi connectivity index (χ3n) is 19.7. The number of likely N-dealkylation sites (tertiary alicyclic amines) is 1. The maximum absolute atomic E-state index is 15.0. The molecule has 2 saturated heterocycles. The number of aliphatic hydroxyl groups is 1. The average Bonchev–Trinajstić information content (AvgIpc) is 1.79. The van der Waals surface area contributed by atoms with Crippen molar-refractivity contribution >= 4 is 82.6 Å². The molecular formula is C76H125N13O16. The summed E-state index contributed by atoms with van der Waals surface area (Å²) >= 11 is 0. The molecule has 2 heterocycles. The third-order valence-corrected chi connectivity index (χ3v) is 19.7. The number of ether oxygens (including phenoxy) is 1. The van der Waals surface area contributed by atoms with Gasteiger partial charge in [-0.3, -0.25) is 57.5 Å². The Morgan fingerprint density at radius 2 is 1.20 bits per heavy atom. The van der Waals surface area contributed by atoms with E-state index in [1.807, 2.05) is 0 Å². The lowest BCUT2D eigenvalue weighted by Gasteiger charge is -2.33. The van der Waals surface area contributed by atoms with E-state index in [4.69, 9.17) is 10.5 Å². The molecule has 1 aromatic rings. The van der Waals surface area contributed by atoms with E-state index >= 15 is 9.59 Å². The van der Waals surface area contributed by atoms with E-state index in [2.05, 4.69) is 72.3 Å². The summed E-state index contributed by atoms with van der Waals surface area (Å²) in [6, 6.07) is -7.30. The maximum atomic E-state index is 15.0. The van der Waals surface area contributed by atoms with Crippen molar-refractivity contribution in [2.24, 2.45) is 59.0 Å². The van der Waals surface area contributed by atoms with E-state index in [1.54, 1.807) is 127 Å². The molecule has 1 aromatic carbocycles. The number of rotatable bonds is 34. The number of nitrogens with zero attached hydrogens (tertiary/aromatic N) is 1. The molecule has 29 heteroatoms. The normalized spacial score (nSPS) is 22.6. The first-order chi connectivity index (χ1) is 49.2. The summed E-state index contributed by atoms with van der Waals surface area (Å²) in [5, 5.41) is 40.5. The minimum atomic E-state index is -1.83. The fraction of sp³-hybridized carbons (Fsp3) is 0.711. The number of hydrogen-bond donors (Lipinski definition) is 13. The average molecular weight is 1480 g/mol. The zero-order valence-electron chi connectivity index (χ0n) is 65.5. The van der Waals surface area contributed by atoms with Crippen LogP contribution in [0.5, 0.6) is 0 Å². The first-order valence-electron chi connectivity index (χ1n) is 37.7. The Morgan fingerprint density at radius 3 is 1.74 bits per heavy atom. The van der Waals surface area contributed by atoms with E-state index < -0.39 is 197 Å². The molecule has 0 spiro atoms. The molecule has 105 heavy (non-hydrogen) atoms. The number of urea groups is 1. The highest BCUT2D eigenvalue weighted by molar-refractivity contribution is 6.03. The Morgan fingerprint density at radius 1 is 0.629 bits per heavy atom. The second-order valence-corrected chi connectivity index (χ2v) is 30.5. The van der Waals surface area contributed by atoms with Gasteiger partial charge in [-0.05, 0) is 112 Å². The van der Waals surface area contributed by atoms with Crippen LogP contribution in [0.2, 0.25) is 0 Å². The van der Waals surface area contributed by atoms with Gasteiger partial charge in [0.15, 0.2) is 5.78 Å². The van der Waals surface area contributed by atoms with E-state index in [0.717, 1.165) is 6.42 Å². The second kappa shape index (κ2) is 43.9. The standard InChI is InChI=1S/C76H125N13O16/c1-20-45(16)60(72(100)88-63-48(19)105-75(103)59(44(14)15)84-66(94)52(22-3)78-68(96)54(37-49-30-24-23-25-31-49)79-69(97)57(42(10)11)82-71(99)61(46(17)21-2)86-74(63)102)85-67(95)53(33-27-35-77)80-76(104)89-36-28-34-55(89)64(92)56(41(8)9)81-70(98)58(43(12)13)83-73(101)62(47(18)90)87-65(93)51(40(6)7)38-50(91)32-26-29-39(4)5/h22-25,30-31,39-48,51,53-63,90H,20-21,26-29,32-38,77H2,1-19H3,(H,78,96)(H,79,97)(H,80,104)(H,81,98)(H,82,99)(H,83,101)(H,84,94)(H,85,95)(H,86,102)(H,87,93)(H,88,100). The van der Waals surface area contributed by atoms with Gasteiger partial charge in [-0.25, -0.2) is 9.59 Å². The van der Waals surface area contributed by atoms with Crippen LogP contribution < -0.4 is 64.2 Å². The van der Waals surface area contributed by atoms with Crippen LogP contribution in [0.4, 0.5) is 4.79 Å². The zero-order valence-corrected chi connectivity index (χ0v) is 65.5. The van der Waals surface area contributed by atoms with Crippen LogP contribution in [-0.4, -0.2) is 184 Å². The van der Waals surface area contributed by atoms with Gasteiger partial charge in [0.1, 0.15) is 72.0 Å². The molecule has 16 unspecified atom stereocenters. The van der Waals surface area contributed by atoms with Crippen molar-refractivity contribution in [2.45, 2.75) is 281 Å². The first-order valence-corrected chi connectivity index (χ1v) is 37.7.